The Morgan fingerprint density at radius 3 is 2.60 bits per heavy atom. The van der Waals surface area contributed by atoms with Crippen LogP contribution in [-0.2, 0) is 0 Å². The average molecular weight is 136 g/mol. The van der Waals surface area contributed by atoms with E-state index in [2.05, 4.69) is 31.2 Å². The summed E-state index contributed by atoms with van der Waals surface area (Å²) < 4.78 is 0. The van der Waals surface area contributed by atoms with Crippen molar-refractivity contribution in [2.75, 3.05) is 0 Å². The summed E-state index contributed by atoms with van der Waals surface area (Å²) in [5, 5.41) is 0. The molecule has 0 unspecified atom stereocenters. The number of unbranched alkanes of at least 4 members (excludes halogenated alkanes) is 1. The highest BCUT2D eigenvalue weighted by atomic mass is 14.1. The summed E-state index contributed by atoms with van der Waals surface area (Å²) in [6, 6.07) is 0. The first-order valence-electron chi connectivity index (χ1n) is 4.27. The van der Waals surface area contributed by atoms with Crippen LogP contribution in [-0.4, -0.2) is 0 Å². The zero-order valence-electron chi connectivity index (χ0n) is 6.72. The zero-order valence-corrected chi connectivity index (χ0v) is 6.72. The Hall–Kier alpha value is -0.520. The Morgan fingerprint density at radius 2 is 2.00 bits per heavy atom. The van der Waals surface area contributed by atoms with Crippen LogP contribution < -0.4 is 0 Å². The van der Waals surface area contributed by atoms with Gasteiger partial charge in [-0.15, -0.1) is 0 Å². The average Bonchev–Trinajstić information content (AvgIpc) is 2.03. The van der Waals surface area contributed by atoms with E-state index >= 15 is 0 Å². The summed E-state index contributed by atoms with van der Waals surface area (Å²) in [6.45, 7) is 2.25. The highest BCUT2D eigenvalue weighted by Crippen LogP contribution is 2.15. The van der Waals surface area contributed by atoms with Crippen LogP contribution >= 0.6 is 0 Å². The maximum Gasteiger partial charge on any atom is -0.00533 e. The predicted octanol–water partition coefficient (Wildman–Crippen LogP) is 3.31. The van der Waals surface area contributed by atoms with Crippen molar-refractivity contribution in [2.24, 2.45) is 5.92 Å². The number of rotatable bonds is 3. The van der Waals surface area contributed by atoms with Gasteiger partial charge in [0, 0.05) is 0 Å². The van der Waals surface area contributed by atoms with E-state index in [0.29, 0.717) is 0 Å². The van der Waals surface area contributed by atoms with E-state index < -0.39 is 0 Å². The van der Waals surface area contributed by atoms with Crippen molar-refractivity contribution in [3.8, 4) is 0 Å². The second-order valence-electron chi connectivity index (χ2n) is 2.90. The van der Waals surface area contributed by atoms with Crippen molar-refractivity contribution in [1.82, 2.24) is 0 Å². The molecule has 0 N–H and O–H groups in total. The van der Waals surface area contributed by atoms with Crippen LogP contribution in [0.15, 0.2) is 24.3 Å². The predicted molar refractivity (Wildman–Crippen MR) is 45.9 cm³/mol. The summed E-state index contributed by atoms with van der Waals surface area (Å²) >= 11 is 0. The van der Waals surface area contributed by atoms with Crippen molar-refractivity contribution in [3.63, 3.8) is 0 Å². The third kappa shape index (κ3) is 2.38. The third-order valence-corrected chi connectivity index (χ3v) is 1.93. The van der Waals surface area contributed by atoms with E-state index in [-0.39, 0.29) is 0 Å². The van der Waals surface area contributed by atoms with Gasteiger partial charge in [0.2, 0.25) is 0 Å². The maximum atomic E-state index is 2.33. The van der Waals surface area contributed by atoms with Gasteiger partial charge >= 0.3 is 0 Å². The Kier molecular flexibility index (Phi) is 3.28. The summed E-state index contributed by atoms with van der Waals surface area (Å²) in [6.07, 6.45) is 14.3. The van der Waals surface area contributed by atoms with Crippen molar-refractivity contribution in [3.05, 3.63) is 24.3 Å². The van der Waals surface area contributed by atoms with Gasteiger partial charge in [-0.25, -0.2) is 0 Å². The fourth-order valence-electron chi connectivity index (χ4n) is 1.28. The van der Waals surface area contributed by atoms with E-state index in [1.807, 2.05) is 0 Å². The second kappa shape index (κ2) is 4.32. The monoisotopic (exact) mass is 136 g/mol. The molecule has 0 aliphatic heterocycles. The molecule has 0 bridgehead atoms. The highest BCUT2D eigenvalue weighted by Gasteiger charge is 2.00. The van der Waals surface area contributed by atoms with E-state index in [1.54, 1.807) is 0 Å². The molecule has 0 heterocycles. The SMILES string of the molecule is CCCCC1C=CCC=C1. The fraction of sp³-hybridized carbons (Fsp3) is 0.600. The van der Waals surface area contributed by atoms with Gasteiger partial charge in [-0.05, 0) is 18.8 Å². The standard InChI is InChI=1S/C10H16/c1-2-3-7-10-8-5-4-6-9-10/h5-6,8-10H,2-4,7H2,1H3. The van der Waals surface area contributed by atoms with Crippen molar-refractivity contribution in [2.45, 2.75) is 32.6 Å². The number of hydrogen-bond donors (Lipinski definition) is 0. The van der Waals surface area contributed by atoms with E-state index in [9.17, 15) is 0 Å². The maximum absolute atomic E-state index is 2.33. The highest BCUT2D eigenvalue weighted by molar-refractivity contribution is 5.08. The third-order valence-electron chi connectivity index (χ3n) is 1.93. The molecule has 0 aromatic heterocycles. The lowest BCUT2D eigenvalue weighted by molar-refractivity contribution is 0.636. The van der Waals surface area contributed by atoms with Crippen LogP contribution in [0.1, 0.15) is 32.6 Å². The molecule has 0 fully saturated rings. The molecule has 0 nitrogen and oxygen atoms in total. The van der Waals surface area contributed by atoms with Gasteiger partial charge in [-0.3, -0.25) is 0 Å². The first kappa shape index (κ1) is 7.59. The molecule has 0 saturated heterocycles. The second-order valence-corrected chi connectivity index (χ2v) is 2.90. The van der Waals surface area contributed by atoms with E-state index in [1.165, 1.54) is 19.3 Å². The van der Waals surface area contributed by atoms with Crippen molar-refractivity contribution in [1.29, 1.82) is 0 Å². The first-order chi connectivity index (χ1) is 4.93. The quantitative estimate of drug-likeness (QED) is 0.522. The molecule has 0 heteroatoms. The van der Waals surface area contributed by atoms with Crippen LogP contribution in [0.2, 0.25) is 0 Å². The molecule has 0 aromatic rings. The van der Waals surface area contributed by atoms with Gasteiger partial charge in [0.15, 0.2) is 0 Å². The lowest BCUT2D eigenvalue weighted by Crippen LogP contribution is -1.93. The molecule has 0 amide bonds. The zero-order chi connectivity index (χ0) is 7.23. The Morgan fingerprint density at radius 1 is 1.30 bits per heavy atom. The number of allylic oxidation sites excluding steroid dienone is 4. The van der Waals surface area contributed by atoms with E-state index in [0.717, 1.165) is 12.3 Å². The van der Waals surface area contributed by atoms with Crippen molar-refractivity contribution >= 4 is 0 Å². The molecule has 56 valence electrons. The molecule has 1 aliphatic carbocycles. The topological polar surface area (TPSA) is 0 Å². The Bertz CT molecular complexity index is 119. The van der Waals surface area contributed by atoms with Crippen LogP contribution in [0.4, 0.5) is 0 Å². The van der Waals surface area contributed by atoms with E-state index in [4.69, 9.17) is 0 Å². The molecular formula is C10H16. The summed E-state index contributed by atoms with van der Waals surface area (Å²) in [7, 11) is 0. The van der Waals surface area contributed by atoms with Crippen LogP contribution in [0.3, 0.4) is 0 Å². The minimum atomic E-state index is 0.744. The van der Waals surface area contributed by atoms with Gasteiger partial charge in [0.05, 0.1) is 0 Å². The molecule has 0 radical (unpaired) electrons. The molecular weight excluding hydrogens is 120 g/mol. The normalized spacial score (nSPS) is 18.1. The molecule has 10 heavy (non-hydrogen) atoms. The Labute approximate surface area is 63.6 Å². The summed E-state index contributed by atoms with van der Waals surface area (Å²) in [5.41, 5.74) is 0. The lowest BCUT2D eigenvalue weighted by Gasteiger charge is -2.08. The lowest BCUT2D eigenvalue weighted by atomic mass is 9.97. The first-order valence-corrected chi connectivity index (χ1v) is 4.27. The molecule has 0 atom stereocenters. The molecule has 1 rings (SSSR count). The smallest absolute Gasteiger partial charge is 0.00533 e. The van der Waals surface area contributed by atoms with Crippen molar-refractivity contribution < 1.29 is 0 Å². The fourth-order valence-corrected chi connectivity index (χ4v) is 1.28. The molecule has 0 aromatic carbocycles. The molecule has 0 saturated carbocycles. The minimum absolute atomic E-state index is 0.744. The van der Waals surface area contributed by atoms with Crippen LogP contribution in [0.5, 0.6) is 0 Å². The van der Waals surface area contributed by atoms with Gasteiger partial charge in [-0.2, -0.15) is 0 Å². The summed E-state index contributed by atoms with van der Waals surface area (Å²) in [4.78, 5) is 0. The molecule has 0 spiro atoms. The van der Waals surface area contributed by atoms with Gasteiger partial charge in [0.25, 0.3) is 0 Å². The molecule has 1 aliphatic rings. The van der Waals surface area contributed by atoms with Gasteiger partial charge < -0.3 is 0 Å². The Balaban J connectivity index is 2.20. The van der Waals surface area contributed by atoms with Gasteiger partial charge in [0.1, 0.15) is 0 Å². The van der Waals surface area contributed by atoms with Crippen LogP contribution in [0, 0.1) is 5.92 Å². The largest absolute Gasteiger partial charge is 0.0842 e. The number of hydrogen-bond acceptors (Lipinski definition) is 0. The summed E-state index contributed by atoms with van der Waals surface area (Å²) in [5.74, 6) is 0.744. The van der Waals surface area contributed by atoms with Gasteiger partial charge in [-0.1, -0.05) is 44.1 Å². The van der Waals surface area contributed by atoms with Crippen LogP contribution in [0.25, 0.3) is 0 Å². The minimum Gasteiger partial charge on any atom is -0.0842 e.